The van der Waals surface area contributed by atoms with Crippen molar-refractivity contribution in [2.24, 2.45) is 5.92 Å². The fourth-order valence-electron chi connectivity index (χ4n) is 5.12. The summed E-state index contributed by atoms with van der Waals surface area (Å²) in [5.74, 6) is -2.58. The van der Waals surface area contributed by atoms with E-state index in [-0.39, 0.29) is 18.1 Å². The normalized spacial score (nSPS) is 20.2. The molecule has 2 atom stereocenters. The largest absolute Gasteiger partial charge is 0.378 e. The van der Waals surface area contributed by atoms with Crippen molar-refractivity contribution in [1.82, 2.24) is 9.88 Å². The Morgan fingerprint density at radius 2 is 1.97 bits per heavy atom. The van der Waals surface area contributed by atoms with Crippen molar-refractivity contribution < 1.29 is 21.6 Å². The average Bonchev–Trinajstić information content (AvgIpc) is 3.42. The van der Waals surface area contributed by atoms with Gasteiger partial charge in [0, 0.05) is 36.6 Å². The first-order valence-corrected chi connectivity index (χ1v) is 13.9. The molecule has 0 amide bonds. The van der Waals surface area contributed by atoms with Crippen LogP contribution in [0.25, 0.3) is 0 Å². The van der Waals surface area contributed by atoms with E-state index in [0.29, 0.717) is 24.1 Å². The summed E-state index contributed by atoms with van der Waals surface area (Å²) in [5.41, 5.74) is 2.35. The average molecular weight is 523 g/mol. The molecule has 2 N–H and O–H groups in total. The van der Waals surface area contributed by atoms with E-state index < -0.39 is 32.4 Å². The maximum Gasteiger partial charge on any atom is 0.266 e. The number of nitrogens with one attached hydrogen (secondary N) is 2. The molecule has 186 valence electrons. The van der Waals surface area contributed by atoms with E-state index in [0.717, 1.165) is 42.0 Å². The molecular weight excluding hydrogens is 497 g/mol. The van der Waals surface area contributed by atoms with Crippen molar-refractivity contribution in [2.45, 2.75) is 49.7 Å². The van der Waals surface area contributed by atoms with Gasteiger partial charge in [-0.05, 0) is 48.9 Å². The van der Waals surface area contributed by atoms with Gasteiger partial charge in [0.25, 0.3) is 10.0 Å². The summed E-state index contributed by atoms with van der Waals surface area (Å²) in [5, 5.41) is 4.18. The topological polar surface area (TPSA) is 74.3 Å². The lowest BCUT2D eigenvalue weighted by atomic mass is 9.90. The molecule has 1 aliphatic heterocycles. The van der Waals surface area contributed by atoms with Crippen molar-refractivity contribution in [3.63, 3.8) is 0 Å². The highest BCUT2D eigenvalue weighted by molar-refractivity contribution is 7.92. The first kappa shape index (κ1) is 24.1. The molecule has 2 aromatic carbocycles. The monoisotopic (exact) mass is 522 g/mol. The number of nitrogens with zero attached hydrogens (tertiary/aromatic N) is 2. The van der Waals surface area contributed by atoms with Crippen molar-refractivity contribution in [2.75, 3.05) is 16.6 Å². The second kappa shape index (κ2) is 9.79. The fourth-order valence-corrected chi connectivity index (χ4v) is 6.75. The van der Waals surface area contributed by atoms with Crippen LogP contribution in [0.1, 0.15) is 36.8 Å². The first-order chi connectivity index (χ1) is 16.8. The highest BCUT2D eigenvalue weighted by atomic mass is 32.2. The lowest BCUT2D eigenvalue weighted by molar-refractivity contribution is 0.236. The Kier molecular flexibility index (Phi) is 6.73. The minimum Gasteiger partial charge on any atom is -0.378 e. The number of aromatic nitrogens is 1. The second-order valence-electron chi connectivity index (χ2n) is 9.07. The third-order valence-electron chi connectivity index (χ3n) is 6.82. The van der Waals surface area contributed by atoms with Crippen LogP contribution in [0.2, 0.25) is 0 Å². The molecule has 2 heterocycles. The van der Waals surface area contributed by atoms with Gasteiger partial charge in [-0.15, -0.1) is 11.3 Å². The summed E-state index contributed by atoms with van der Waals surface area (Å²) >= 11 is 1.16. The number of hydrogen-bond donors (Lipinski definition) is 2. The number of benzene rings is 2. The molecule has 3 aromatic rings. The molecule has 2 bridgehead atoms. The minimum atomic E-state index is -4.37. The van der Waals surface area contributed by atoms with Crippen LogP contribution in [-0.2, 0) is 23.1 Å². The van der Waals surface area contributed by atoms with Crippen molar-refractivity contribution in [3.8, 4) is 0 Å². The van der Waals surface area contributed by atoms with E-state index in [1.165, 1.54) is 36.2 Å². The van der Waals surface area contributed by atoms with Crippen LogP contribution in [-0.4, -0.2) is 30.9 Å². The van der Waals surface area contributed by atoms with Crippen molar-refractivity contribution in [3.05, 3.63) is 69.8 Å². The van der Waals surface area contributed by atoms with Gasteiger partial charge in [0.1, 0.15) is 10.7 Å². The van der Waals surface area contributed by atoms with Crippen LogP contribution in [0.4, 0.5) is 24.7 Å². The third kappa shape index (κ3) is 5.03. The predicted molar refractivity (Wildman–Crippen MR) is 129 cm³/mol. The molecule has 11 heteroatoms. The van der Waals surface area contributed by atoms with Gasteiger partial charge in [0.15, 0.2) is 17.5 Å². The number of thiazole rings is 1. The number of rotatable bonds is 8. The minimum absolute atomic E-state index is 0.0195. The number of hydrogen-bond acceptors (Lipinski definition) is 6. The Bertz CT molecular complexity index is 1320. The number of likely N-dealkylation sites (tertiary alicyclic amines) is 1. The third-order valence-corrected chi connectivity index (χ3v) is 8.78. The lowest BCUT2D eigenvalue weighted by Crippen LogP contribution is -2.29. The molecular formula is C24H25F3N4O2S2. The lowest BCUT2D eigenvalue weighted by Gasteiger charge is -2.25. The Morgan fingerprint density at radius 1 is 1.11 bits per heavy atom. The van der Waals surface area contributed by atoms with Crippen LogP contribution in [0.5, 0.6) is 0 Å². The summed E-state index contributed by atoms with van der Waals surface area (Å²) < 4.78 is 71.3. The molecule has 1 aromatic heterocycles. The fraction of sp³-hybridized carbons (Fsp3) is 0.375. The molecule has 1 saturated carbocycles. The molecule has 5 rings (SSSR count). The molecule has 6 nitrogen and oxygen atoms in total. The zero-order valence-electron chi connectivity index (χ0n) is 18.8. The Morgan fingerprint density at radius 3 is 2.74 bits per heavy atom. The summed E-state index contributed by atoms with van der Waals surface area (Å²) in [6.45, 7) is 1.54. The van der Waals surface area contributed by atoms with Crippen molar-refractivity contribution in [1.29, 1.82) is 0 Å². The molecule has 2 unspecified atom stereocenters. The summed E-state index contributed by atoms with van der Waals surface area (Å²) in [4.78, 5) is 5.35. The molecule has 0 radical (unpaired) electrons. The van der Waals surface area contributed by atoms with Crippen LogP contribution in [0.15, 0.2) is 46.1 Å². The summed E-state index contributed by atoms with van der Waals surface area (Å²) in [6, 6.07) is 7.49. The second-order valence-corrected chi connectivity index (χ2v) is 11.4. The molecule has 1 aliphatic carbocycles. The number of halogens is 3. The Balaban J connectivity index is 1.33. The molecule has 35 heavy (non-hydrogen) atoms. The van der Waals surface area contributed by atoms with Gasteiger partial charge in [-0.2, -0.15) is 0 Å². The summed E-state index contributed by atoms with van der Waals surface area (Å²) in [6.07, 6.45) is 4.79. The van der Waals surface area contributed by atoms with Gasteiger partial charge < -0.3 is 5.32 Å². The van der Waals surface area contributed by atoms with E-state index in [4.69, 9.17) is 0 Å². The zero-order valence-corrected chi connectivity index (χ0v) is 20.4. The van der Waals surface area contributed by atoms with E-state index >= 15 is 0 Å². The van der Waals surface area contributed by atoms with E-state index in [1.54, 1.807) is 6.07 Å². The van der Waals surface area contributed by atoms with Gasteiger partial charge in [-0.1, -0.05) is 18.6 Å². The van der Waals surface area contributed by atoms with Gasteiger partial charge in [-0.25, -0.2) is 26.6 Å². The molecule has 2 aliphatic rings. The van der Waals surface area contributed by atoms with Gasteiger partial charge in [0.05, 0.1) is 11.2 Å². The van der Waals surface area contributed by atoms with E-state index in [2.05, 4.69) is 19.9 Å². The van der Waals surface area contributed by atoms with Crippen LogP contribution in [0.3, 0.4) is 0 Å². The predicted octanol–water partition coefficient (Wildman–Crippen LogP) is 5.35. The number of anilines is 2. The van der Waals surface area contributed by atoms with Gasteiger partial charge in [0.2, 0.25) is 0 Å². The smallest absolute Gasteiger partial charge is 0.266 e. The Hall–Kier alpha value is -2.63. The van der Waals surface area contributed by atoms with Crippen LogP contribution >= 0.6 is 11.3 Å². The van der Waals surface area contributed by atoms with Gasteiger partial charge >= 0.3 is 0 Å². The standard InChI is InChI=1S/C24H25F3N4O2S2/c25-19-6-2-4-16(12-31-11-15-3-1-5-17(31)9-15)18(19)10-28-20-7-8-21(24(27)23(20)26)35(32,33)30-22-13-34-14-29-22/h2,4,6-8,13-15,17,28,30H,1,3,5,9-12H2. The van der Waals surface area contributed by atoms with E-state index in [9.17, 15) is 21.6 Å². The van der Waals surface area contributed by atoms with Gasteiger partial charge in [-0.3, -0.25) is 9.62 Å². The SMILES string of the molecule is O=S(=O)(Nc1cscn1)c1ccc(NCc2c(F)cccc2CN2CC3CCCC2C3)c(F)c1F. The maximum absolute atomic E-state index is 14.8. The highest BCUT2D eigenvalue weighted by Gasteiger charge is 2.35. The zero-order chi connectivity index (χ0) is 24.6. The molecule has 2 fully saturated rings. The van der Waals surface area contributed by atoms with Crippen LogP contribution < -0.4 is 10.0 Å². The quantitative estimate of drug-likeness (QED) is 0.417. The number of sulfonamides is 1. The van der Waals surface area contributed by atoms with E-state index in [1.807, 2.05) is 6.07 Å². The summed E-state index contributed by atoms with van der Waals surface area (Å²) in [7, 11) is -4.37. The molecule has 1 saturated heterocycles. The molecule has 0 spiro atoms. The highest BCUT2D eigenvalue weighted by Crippen LogP contribution is 2.36. The Labute approximate surface area is 206 Å². The number of fused-ring (bicyclic) bond motifs is 2. The first-order valence-electron chi connectivity index (χ1n) is 11.4. The van der Waals surface area contributed by atoms with Crippen LogP contribution in [0, 0.1) is 23.4 Å². The van der Waals surface area contributed by atoms with Crippen molar-refractivity contribution >= 4 is 32.9 Å². The maximum atomic E-state index is 14.8.